The van der Waals surface area contributed by atoms with Crippen LogP contribution in [0, 0.1) is 11.7 Å². The lowest BCUT2D eigenvalue weighted by Crippen LogP contribution is -2.54. The van der Waals surface area contributed by atoms with Gasteiger partial charge in [0.1, 0.15) is 30.0 Å². The third kappa shape index (κ3) is 9.93. The number of fused-ring (bicyclic) bond motifs is 1. The molecule has 3 aromatic carbocycles. The van der Waals surface area contributed by atoms with Gasteiger partial charge in [0.15, 0.2) is 0 Å². The minimum absolute atomic E-state index is 0.00291. The SMILES string of the molecule is COCCCN1CCOc2ccc(CO[C@H]3CN(C(=O)OC(C)OC(=O)C(C)C)C[C@@H](O)[C@@H]3c3ccc(O[C@H]4CCN(c5cccc(F)c5)C4)cc3)cc21. The Morgan fingerprint density at radius 2 is 1.80 bits per heavy atom. The molecule has 0 aromatic heterocycles. The summed E-state index contributed by atoms with van der Waals surface area (Å²) in [4.78, 5) is 31.2. The predicted octanol–water partition coefficient (Wildman–Crippen LogP) is 5.75. The molecule has 0 spiro atoms. The van der Waals surface area contributed by atoms with Crippen LogP contribution < -0.4 is 19.3 Å². The minimum atomic E-state index is -1.10. The van der Waals surface area contributed by atoms with Crippen LogP contribution in [0.5, 0.6) is 11.5 Å². The van der Waals surface area contributed by atoms with E-state index in [0.29, 0.717) is 25.5 Å². The van der Waals surface area contributed by atoms with Gasteiger partial charge in [-0.25, -0.2) is 9.18 Å². The fourth-order valence-corrected chi connectivity index (χ4v) is 7.21. The van der Waals surface area contributed by atoms with E-state index in [0.717, 1.165) is 60.7 Å². The zero-order chi connectivity index (χ0) is 38.2. The van der Waals surface area contributed by atoms with Gasteiger partial charge in [0.2, 0.25) is 6.29 Å². The first kappa shape index (κ1) is 39.1. The predicted molar refractivity (Wildman–Crippen MR) is 201 cm³/mol. The number of rotatable bonds is 14. The summed E-state index contributed by atoms with van der Waals surface area (Å²) in [6.45, 7) is 9.53. The van der Waals surface area contributed by atoms with Crippen molar-refractivity contribution in [1.82, 2.24) is 4.90 Å². The number of amides is 1. The maximum Gasteiger partial charge on any atom is 0.413 e. The first-order valence-electron chi connectivity index (χ1n) is 18.8. The van der Waals surface area contributed by atoms with E-state index in [-0.39, 0.29) is 37.5 Å². The maximum atomic E-state index is 13.8. The lowest BCUT2D eigenvalue weighted by molar-refractivity contribution is -0.171. The topological polar surface area (TPSA) is 119 Å². The number of halogens is 1. The van der Waals surface area contributed by atoms with E-state index in [1.54, 1.807) is 27.0 Å². The normalized spacial score (nSPS) is 21.7. The van der Waals surface area contributed by atoms with Crippen LogP contribution in [0.4, 0.5) is 20.6 Å². The summed E-state index contributed by atoms with van der Waals surface area (Å²) >= 11 is 0. The van der Waals surface area contributed by atoms with Crippen molar-refractivity contribution >= 4 is 23.4 Å². The third-order valence-electron chi connectivity index (χ3n) is 10.0. The maximum absolute atomic E-state index is 13.8. The lowest BCUT2D eigenvalue weighted by Gasteiger charge is -2.41. The summed E-state index contributed by atoms with van der Waals surface area (Å²) in [6.07, 6.45) is -1.78. The number of likely N-dealkylation sites (tertiary alicyclic amines) is 1. The molecule has 0 saturated carbocycles. The number of methoxy groups -OCH3 is 1. The molecule has 6 rings (SSSR count). The Hall–Kier alpha value is -4.59. The average Bonchev–Trinajstić information content (AvgIpc) is 3.63. The number of esters is 1. The van der Waals surface area contributed by atoms with E-state index >= 15 is 0 Å². The number of piperidine rings is 1. The standard InChI is InChI=1S/C41H52FN3O9/c1-27(2)40(47)52-28(3)53-41(48)45-24-36(46)39(30-10-12-33(13-11-30)54-34-15-17-44(23-34)32-8-5-7-31(42)22-32)38(25-45)51-26-29-9-14-37-35(21-29)43(18-20-50-37)16-6-19-49-4/h5,7-14,21-22,27-28,34,36,38-39,46H,6,15-20,23-26H2,1-4H3/t28?,34-,36+,38-,39-/m0/s1. The van der Waals surface area contributed by atoms with Crippen LogP contribution in [-0.2, 0) is 30.3 Å². The highest BCUT2D eigenvalue weighted by Crippen LogP contribution is 2.36. The van der Waals surface area contributed by atoms with E-state index in [1.807, 2.05) is 42.5 Å². The Morgan fingerprint density at radius 1 is 0.981 bits per heavy atom. The van der Waals surface area contributed by atoms with Gasteiger partial charge in [-0.1, -0.05) is 38.1 Å². The van der Waals surface area contributed by atoms with Gasteiger partial charge in [0, 0.05) is 51.8 Å². The van der Waals surface area contributed by atoms with Gasteiger partial charge in [-0.15, -0.1) is 0 Å². The van der Waals surface area contributed by atoms with Crippen molar-refractivity contribution < 1.29 is 47.5 Å². The molecule has 54 heavy (non-hydrogen) atoms. The van der Waals surface area contributed by atoms with Crippen molar-refractivity contribution in [2.24, 2.45) is 5.92 Å². The quantitative estimate of drug-likeness (QED) is 0.123. The van der Waals surface area contributed by atoms with Crippen molar-refractivity contribution in [1.29, 1.82) is 0 Å². The Bertz CT molecular complexity index is 1710. The number of nitrogens with zero attached hydrogens (tertiary/aromatic N) is 3. The number of aliphatic hydroxyl groups excluding tert-OH is 1. The van der Waals surface area contributed by atoms with Crippen LogP contribution in [-0.4, -0.2) is 106 Å². The van der Waals surface area contributed by atoms with Crippen molar-refractivity contribution in [2.45, 2.75) is 70.7 Å². The van der Waals surface area contributed by atoms with Crippen molar-refractivity contribution in [3.05, 3.63) is 83.7 Å². The molecule has 0 aliphatic carbocycles. The summed E-state index contributed by atoms with van der Waals surface area (Å²) in [5.74, 6) is -0.0868. The molecule has 3 aromatic rings. The van der Waals surface area contributed by atoms with E-state index in [4.69, 9.17) is 28.4 Å². The number of hydrogen-bond donors (Lipinski definition) is 1. The molecule has 3 aliphatic heterocycles. The van der Waals surface area contributed by atoms with Crippen LogP contribution in [0.15, 0.2) is 66.7 Å². The molecule has 3 heterocycles. The molecule has 1 amide bonds. The molecule has 0 bridgehead atoms. The van der Waals surface area contributed by atoms with E-state index in [1.165, 1.54) is 24.0 Å². The van der Waals surface area contributed by atoms with Crippen LogP contribution >= 0.6 is 0 Å². The van der Waals surface area contributed by atoms with Crippen molar-refractivity contribution in [3.8, 4) is 11.5 Å². The summed E-state index contributed by atoms with van der Waals surface area (Å²) < 4.78 is 48.6. The number of aliphatic hydroxyl groups is 1. The van der Waals surface area contributed by atoms with E-state index < -0.39 is 36.5 Å². The highest BCUT2D eigenvalue weighted by atomic mass is 19.1. The molecule has 5 atom stereocenters. The monoisotopic (exact) mass is 749 g/mol. The van der Waals surface area contributed by atoms with E-state index in [9.17, 15) is 19.1 Å². The largest absolute Gasteiger partial charge is 0.490 e. The second-order valence-electron chi connectivity index (χ2n) is 14.4. The molecule has 2 fully saturated rings. The second kappa shape index (κ2) is 18.2. The minimum Gasteiger partial charge on any atom is -0.490 e. The molecule has 2 saturated heterocycles. The number of hydrogen-bond acceptors (Lipinski definition) is 11. The fourth-order valence-electron chi connectivity index (χ4n) is 7.21. The average molecular weight is 750 g/mol. The smallest absolute Gasteiger partial charge is 0.413 e. The van der Waals surface area contributed by atoms with Crippen LogP contribution in [0.2, 0.25) is 0 Å². The Morgan fingerprint density at radius 3 is 2.56 bits per heavy atom. The second-order valence-corrected chi connectivity index (χ2v) is 14.4. The van der Waals surface area contributed by atoms with Crippen molar-refractivity contribution in [3.63, 3.8) is 0 Å². The molecular weight excluding hydrogens is 697 g/mol. The van der Waals surface area contributed by atoms with Crippen molar-refractivity contribution in [2.75, 3.05) is 69.4 Å². The Kier molecular flexibility index (Phi) is 13.2. The van der Waals surface area contributed by atoms with Gasteiger partial charge in [0.05, 0.1) is 56.6 Å². The number of β-amino-alcohol motifs (C(OH)–C–C–N with tert-alkyl or cyclic N) is 1. The zero-order valence-electron chi connectivity index (χ0n) is 31.5. The highest BCUT2D eigenvalue weighted by Gasteiger charge is 2.41. The van der Waals surface area contributed by atoms with Gasteiger partial charge in [0.25, 0.3) is 0 Å². The number of benzene rings is 3. The zero-order valence-corrected chi connectivity index (χ0v) is 31.5. The fraction of sp³-hybridized carbons (Fsp3) is 0.512. The number of carbonyl (C=O) groups excluding carboxylic acids is 2. The summed E-state index contributed by atoms with van der Waals surface area (Å²) in [5, 5.41) is 11.6. The number of carbonyl (C=O) groups is 2. The first-order valence-corrected chi connectivity index (χ1v) is 18.8. The Labute approximate surface area is 316 Å². The molecule has 3 aliphatic rings. The van der Waals surface area contributed by atoms with Gasteiger partial charge in [-0.05, 0) is 60.0 Å². The van der Waals surface area contributed by atoms with Gasteiger partial charge < -0.3 is 48.2 Å². The van der Waals surface area contributed by atoms with Gasteiger partial charge in [-0.2, -0.15) is 0 Å². The summed E-state index contributed by atoms with van der Waals surface area (Å²) in [5.41, 5.74) is 3.58. The third-order valence-corrected chi connectivity index (χ3v) is 10.0. The van der Waals surface area contributed by atoms with Crippen LogP contribution in [0.25, 0.3) is 0 Å². The molecule has 292 valence electrons. The summed E-state index contributed by atoms with van der Waals surface area (Å²) in [7, 11) is 1.70. The highest BCUT2D eigenvalue weighted by molar-refractivity contribution is 5.72. The van der Waals surface area contributed by atoms with Gasteiger partial charge >= 0.3 is 12.1 Å². The molecule has 0 radical (unpaired) electrons. The lowest BCUT2D eigenvalue weighted by atomic mass is 9.84. The Balaban J connectivity index is 1.15. The first-order chi connectivity index (χ1) is 26.1. The van der Waals surface area contributed by atoms with E-state index in [2.05, 4.69) is 15.9 Å². The molecular formula is C41H52FN3O9. The molecule has 12 nitrogen and oxygen atoms in total. The molecule has 1 N–H and O–H groups in total. The van der Waals surface area contributed by atoms with Gasteiger partial charge in [-0.3, -0.25) is 4.79 Å². The van der Waals surface area contributed by atoms with Crippen LogP contribution in [0.3, 0.4) is 0 Å². The molecule has 1 unspecified atom stereocenters. The summed E-state index contributed by atoms with van der Waals surface area (Å²) in [6, 6.07) is 20.2. The number of anilines is 2. The van der Waals surface area contributed by atoms with Crippen LogP contribution in [0.1, 0.15) is 50.7 Å². The number of ether oxygens (including phenoxy) is 6. The molecule has 13 heteroatoms.